The molecule has 100 valence electrons. The van der Waals surface area contributed by atoms with Gasteiger partial charge in [0.2, 0.25) is 5.95 Å². The van der Waals surface area contributed by atoms with Crippen LogP contribution in [0.2, 0.25) is 0 Å². The van der Waals surface area contributed by atoms with Gasteiger partial charge in [0, 0.05) is 31.4 Å². The van der Waals surface area contributed by atoms with Gasteiger partial charge in [0.25, 0.3) is 0 Å². The predicted molar refractivity (Wildman–Crippen MR) is 76.1 cm³/mol. The molecule has 1 fully saturated rings. The molecule has 1 aromatic rings. The van der Waals surface area contributed by atoms with E-state index in [9.17, 15) is 0 Å². The molecule has 0 saturated carbocycles. The first kappa shape index (κ1) is 13.1. The standard InChI is InChI=1S/C14H24N4/c1-5-15-14-16-12(4)7-13(17-14)18-8-10(2)6-11(3)9-18/h7,10-11H,5-6,8-9H2,1-4H3,(H,15,16,17). The van der Waals surface area contributed by atoms with Gasteiger partial charge in [0.05, 0.1) is 0 Å². The highest BCUT2D eigenvalue weighted by Gasteiger charge is 2.23. The molecule has 1 aromatic heterocycles. The third-order valence-corrected chi connectivity index (χ3v) is 3.37. The fourth-order valence-corrected chi connectivity index (χ4v) is 2.80. The summed E-state index contributed by atoms with van der Waals surface area (Å²) in [7, 11) is 0. The van der Waals surface area contributed by atoms with E-state index >= 15 is 0 Å². The Labute approximate surface area is 110 Å². The number of hydrogen-bond donors (Lipinski definition) is 1. The second-order valence-electron chi connectivity index (χ2n) is 5.57. The first-order valence-corrected chi connectivity index (χ1v) is 6.93. The van der Waals surface area contributed by atoms with E-state index in [4.69, 9.17) is 0 Å². The van der Waals surface area contributed by atoms with Crippen LogP contribution in [0.3, 0.4) is 0 Å². The van der Waals surface area contributed by atoms with E-state index < -0.39 is 0 Å². The van der Waals surface area contributed by atoms with Crippen LogP contribution in [0.4, 0.5) is 11.8 Å². The summed E-state index contributed by atoms with van der Waals surface area (Å²) in [6, 6.07) is 2.09. The maximum Gasteiger partial charge on any atom is 0.224 e. The second-order valence-corrected chi connectivity index (χ2v) is 5.57. The van der Waals surface area contributed by atoms with E-state index in [-0.39, 0.29) is 0 Å². The van der Waals surface area contributed by atoms with Gasteiger partial charge in [-0.3, -0.25) is 0 Å². The summed E-state index contributed by atoms with van der Waals surface area (Å²) in [5.74, 6) is 3.30. The SMILES string of the molecule is CCNc1nc(C)cc(N2CC(C)CC(C)C2)n1. The summed E-state index contributed by atoms with van der Waals surface area (Å²) >= 11 is 0. The molecule has 18 heavy (non-hydrogen) atoms. The fraction of sp³-hybridized carbons (Fsp3) is 0.714. The molecule has 0 aliphatic carbocycles. The zero-order valence-electron chi connectivity index (χ0n) is 11.9. The number of hydrogen-bond acceptors (Lipinski definition) is 4. The van der Waals surface area contributed by atoms with Crippen LogP contribution in [0.5, 0.6) is 0 Å². The Morgan fingerprint density at radius 3 is 2.56 bits per heavy atom. The van der Waals surface area contributed by atoms with Crippen LogP contribution >= 0.6 is 0 Å². The average Bonchev–Trinajstić information content (AvgIpc) is 2.27. The van der Waals surface area contributed by atoms with E-state index in [0.29, 0.717) is 0 Å². The summed E-state index contributed by atoms with van der Waals surface area (Å²) in [4.78, 5) is 11.4. The van der Waals surface area contributed by atoms with Crippen molar-refractivity contribution in [3.05, 3.63) is 11.8 Å². The van der Waals surface area contributed by atoms with Gasteiger partial charge in [-0.25, -0.2) is 4.98 Å². The molecule has 4 nitrogen and oxygen atoms in total. The van der Waals surface area contributed by atoms with Crippen LogP contribution in [-0.2, 0) is 0 Å². The predicted octanol–water partition coefficient (Wildman–Crippen LogP) is 2.70. The second kappa shape index (κ2) is 5.55. The van der Waals surface area contributed by atoms with Crippen molar-refractivity contribution in [3.63, 3.8) is 0 Å². The molecule has 4 heteroatoms. The molecule has 1 aliphatic rings. The lowest BCUT2D eigenvalue weighted by molar-refractivity contribution is 0.355. The Morgan fingerprint density at radius 2 is 1.94 bits per heavy atom. The van der Waals surface area contributed by atoms with Crippen molar-refractivity contribution in [1.29, 1.82) is 0 Å². The van der Waals surface area contributed by atoms with Gasteiger partial charge in [0.1, 0.15) is 5.82 Å². The average molecular weight is 248 g/mol. The van der Waals surface area contributed by atoms with Gasteiger partial charge < -0.3 is 10.2 Å². The van der Waals surface area contributed by atoms with Gasteiger partial charge in [-0.2, -0.15) is 4.98 Å². The molecule has 0 aromatic carbocycles. The van der Waals surface area contributed by atoms with Crippen molar-refractivity contribution < 1.29 is 0 Å². The smallest absolute Gasteiger partial charge is 0.224 e. The highest BCUT2D eigenvalue weighted by atomic mass is 15.2. The first-order chi connectivity index (χ1) is 8.58. The molecular formula is C14H24N4. The van der Waals surface area contributed by atoms with Crippen molar-refractivity contribution in [2.75, 3.05) is 29.9 Å². The van der Waals surface area contributed by atoms with Crippen LogP contribution in [0.25, 0.3) is 0 Å². The zero-order chi connectivity index (χ0) is 13.1. The van der Waals surface area contributed by atoms with E-state index in [0.717, 1.165) is 48.9 Å². The monoisotopic (exact) mass is 248 g/mol. The van der Waals surface area contributed by atoms with Crippen LogP contribution in [0, 0.1) is 18.8 Å². The molecule has 1 saturated heterocycles. The van der Waals surface area contributed by atoms with E-state index in [1.807, 2.05) is 6.92 Å². The fourth-order valence-electron chi connectivity index (χ4n) is 2.80. The molecule has 1 N–H and O–H groups in total. The molecular weight excluding hydrogens is 224 g/mol. The summed E-state index contributed by atoms with van der Waals surface area (Å²) < 4.78 is 0. The number of aromatic nitrogens is 2. The Balaban J connectivity index is 2.21. The van der Waals surface area contributed by atoms with Crippen LogP contribution < -0.4 is 10.2 Å². The van der Waals surface area contributed by atoms with Crippen LogP contribution in [-0.4, -0.2) is 29.6 Å². The highest BCUT2D eigenvalue weighted by Crippen LogP contribution is 2.25. The molecule has 2 unspecified atom stereocenters. The molecule has 2 rings (SSSR count). The molecule has 0 amide bonds. The highest BCUT2D eigenvalue weighted by molar-refractivity contribution is 5.45. The molecule has 1 aliphatic heterocycles. The third kappa shape index (κ3) is 3.12. The summed E-state index contributed by atoms with van der Waals surface area (Å²) in [6.07, 6.45) is 1.32. The number of aryl methyl sites for hydroxylation is 1. The van der Waals surface area contributed by atoms with Crippen molar-refractivity contribution in [3.8, 4) is 0 Å². The number of nitrogens with zero attached hydrogens (tertiary/aromatic N) is 3. The van der Waals surface area contributed by atoms with Crippen molar-refractivity contribution in [1.82, 2.24) is 9.97 Å². The van der Waals surface area contributed by atoms with Gasteiger partial charge in [-0.15, -0.1) is 0 Å². The maximum absolute atomic E-state index is 4.62. The lowest BCUT2D eigenvalue weighted by Gasteiger charge is -2.36. The maximum atomic E-state index is 4.62. The van der Waals surface area contributed by atoms with E-state index in [1.54, 1.807) is 0 Å². The van der Waals surface area contributed by atoms with E-state index in [2.05, 4.69) is 47.0 Å². The molecule has 2 atom stereocenters. The topological polar surface area (TPSA) is 41.1 Å². The summed E-state index contributed by atoms with van der Waals surface area (Å²) in [6.45, 7) is 11.8. The van der Waals surface area contributed by atoms with Gasteiger partial charge in [-0.1, -0.05) is 13.8 Å². The zero-order valence-corrected chi connectivity index (χ0v) is 11.9. The van der Waals surface area contributed by atoms with Gasteiger partial charge in [0.15, 0.2) is 0 Å². The molecule has 2 heterocycles. The molecule has 0 radical (unpaired) electrons. The third-order valence-electron chi connectivity index (χ3n) is 3.37. The number of piperidine rings is 1. The van der Waals surface area contributed by atoms with Crippen LogP contribution in [0.1, 0.15) is 32.9 Å². The Hall–Kier alpha value is -1.32. The minimum atomic E-state index is 0.742. The largest absolute Gasteiger partial charge is 0.356 e. The van der Waals surface area contributed by atoms with Crippen molar-refractivity contribution >= 4 is 11.8 Å². The first-order valence-electron chi connectivity index (χ1n) is 6.93. The summed E-state index contributed by atoms with van der Waals surface area (Å²) in [5, 5.41) is 3.20. The lowest BCUT2D eigenvalue weighted by Crippen LogP contribution is -2.39. The Bertz CT molecular complexity index is 395. The van der Waals surface area contributed by atoms with Crippen molar-refractivity contribution in [2.45, 2.75) is 34.1 Å². The normalized spacial score (nSPS) is 24.1. The van der Waals surface area contributed by atoms with Crippen molar-refractivity contribution in [2.24, 2.45) is 11.8 Å². The number of nitrogens with one attached hydrogen (secondary N) is 1. The molecule has 0 bridgehead atoms. The number of rotatable bonds is 3. The minimum Gasteiger partial charge on any atom is -0.356 e. The van der Waals surface area contributed by atoms with Gasteiger partial charge in [-0.05, 0) is 32.1 Å². The quantitative estimate of drug-likeness (QED) is 0.893. The molecule has 0 spiro atoms. The van der Waals surface area contributed by atoms with Crippen LogP contribution in [0.15, 0.2) is 6.07 Å². The minimum absolute atomic E-state index is 0.742. The van der Waals surface area contributed by atoms with E-state index in [1.165, 1.54) is 6.42 Å². The lowest BCUT2D eigenvalue weighted by atomic mass is 9.92. The van der Waals surface area contributed by atoms with Gasteiger partial charge >= 0.3 is 0 Å². The Kier molecular flexibility index (Phi) is 4.04. The number of anilines is 2. The summed E-state index contributed by atoms with van der Waals surface area (Å²) in [5.41, 5.74) is 1.03. The Morgan fingerprint density at radius 1 is 1.28 bits per heavy atom.